The number of nitrogens with zero attached hydrogens (tertiary/aromatic N) is 2. The summed E-state index contributed by atoms with van der Waals surface area (Å²) >= 11 is 0. The molecule has 2 rings (SSSR count). The largest absolute Gasteiger partial charge is 0.486 e. The fourth-order valence-corrected chi connectivity index (χ4v) is 2.12. The van der Waals surface area contributed by atoms with E-state index in [0.717, 1.165) is 30.2 Å². The number of aryl methyl sites for hydroxylation is 1. The Morgan fingerprint density at radius 1 is 1.10 bits per heavy atom. The molecule has 20 heavy (non-hydrogen) atoms. The zero-order chi connectivity index (χ0) is 14.4. The Balaban J connectivity index is 2.16. The highest BCUT2D eigenvalue weighted by molar-refractivity contribution is 5.46. The molecular weight excluding hydrogens is 250 g/mol. The van der Waals surface area contributed by atoms with Crippen LogP contribution in [0, 0.1) is 6.92 Å². The molecule has 1 aromatic heterocycles. The molecule has 0 radical (unpaired) electrons. The molecule has 2 aromatic rings. The third-order valence-corrected chi connectivity index (χ3v) is 3.07. The molecule has 4 heteroatoms. The van der Waals surface area contributed by atoms with Crippen molar-refractivity contribution in [1.82, 2.24) is 9.97 Å². The highest BCUT2D eigenvalue weighted by Gasteiger charge is 2.10. The van der Waals surface area contributed by atoms with Crippen LogP contribution in [0.25, 0.3) is 0 Å². The van der Waals surface area contributed by atoms with E-state index < -0.39 is 0 Å². The second-order valence-electron chi connectivity index (χ2n) is 4.54. The van der Waals surface area contributed by atoms with E-state index in [-0.39, 0.29) is 0 Å². The summed E-state index contributed by atoms with van der Waals surface area (Å²) in [5, 5.41) is 3.30. The van der Waals surface area contributed by atoms with E-state index in [4.69, 9.17) is 4.74 Å². The molecule has 0 aliphatic heterocycles. The van der Waals surface area contributed by atoms with Crippen molar-refractivity contribution in [2.45, 2.75) is 33.8 Å². The lowest BCUT2D eigenvalue weighted by Gasteiger charge is -2.13. The molecule has 0 fully saturated rings. The van der Waals surface area contributed by atoms with Gasteiger partial charge in [-0.25, -0.2) is 9.97 Å². The predicted molar refractivity (Wildman–Crippen MR) is 81.1 cm³/mol. The molecule has 0 saturated carbocycles. The van der Waals surface area contributed by atoms with Crippen molar-refractivity contribution in [3.05, 3.63) is 47.4 Å². The van der Waals surface area contributed by atoms with Crippen molar-refractivity contribution in [2.24, 2.45) is 0 Å². The van der Waals surface area contributed by atoms with Crippen LogP contribution in [-0.4, -0.2) is 16.5 Å². The summed E-state index contributed by atoms with van der Waals surface area (Å²) in [5.41, 5.74) is 2.19. The minimum Gasteiger partial charge on any atom is -0.486 e. The summed E-state index contributed by atoms with van der Waals surface area (Å²) in [4.78, 5) is 9.09. The van der Waals surface area contributed by atoms with Gasteiger partial charge < -0.3 is 10.1 Å². The molecule has 0 aliphatic carbocycles. The molecule has 0 saturated heterocycles. The van der Waals surface area contributed by atoms with Crippen LogP contribution < -0.4 is 10.1 Å². The van der Waals surface area contributed by atoms with E-state index in [0.29, 0.717) is 12.4 Å². The summed E-state index contributed by atoms with van der Waals surface area (Å²) in [6, 6.07) is 9.72. The highest BCUT2D eigenvalue weighted by atomic mass is 16.5. The summed E-state index contributed by atoms with van der Waals surface area (Å²) in [6.07, 6.45) is 0.925. The highest BCUT2D eigenvalue weighted by Crippen LogP contribution is 2.18. The van der Waals surface area contributed by atoms with Crippen LogP contribution in [0.3, 0.4) is 0 Å². The second-order valence-corrected chi connectivity index (χ2v) is 4.54. The number of ether oxygens (including phenoxy) is 1. The van der Waals surface area contributed by atoms with Crippen LogP contribution >= 0.6 is 0 Å². The molecule has 0 unspecified atom stereocenters. The number of hydrogen-bond donors (Lipinski definition) is 1. The van der Waals surface area contributed by atoms with Crippen molar-refractivity contribution in [3.8, 4) is 5.75 Å². The van der Waals surface area contributed by atoms with Gasteiger partial charge in [0.1, 0.15) is 18.2 Å². The number of nitrogens with one attached hydrogen (secondary N) is 1. The maximum Gasteiger partial charge on any atom is 0.168 e. The Labute approximate surface area is 120 Å². The van der Waals surface area contributed by atoms with Crippen LogP contribution in [0.15, 0.2) is 30.3 Å². The smallest absolute Gasteiger partial charge is 0.168 e. The van der Waals surface area contributed by atoms with E-state index in [1.807, 2.05) is 37.3 Å². The third kappa shape index (κ3) is 3.47. The van der Waals surface area contributed by atoms with Gasteiger partial charge >= 0.3 is 0 Å². The molecule has 0 spiro atoms. The minimum absolute atomic E-state index is 0.382. The van der Waals surface area contributed by atoms with Crippen LogP contribution in [-0.2, 0) is 13.0 Å². The summed E-state index contributed by atoms with van der Waals surface area (Å²) in [7, 11) is 0. The van der Waals surface area contributed by atoms with E-state index >= 15 is 0 Å². The topological polar surface area (TPSA) is 47.0 Å². The van der Waals surface area contributed by atoms with Gasteiger partial charge in [-0.3, -0.25) is 0 Å². The van der Waals surface area contributed by atoms with Gasteiger partial charge in [0.05, 0.1) is 0 Å². The first-order valence-electron chi connectivity index (χ1n) is 7.02. The number of hydrogen-bond acceptors (Lipinski definition) is 4. The number of rotatable bonds is 6. The molecule has 0 atom stereocenters. The van der Waals surface area contributed by atoms with Gasteiger partial charge in [0, 0.05) is 17.8 Å². The van der Waals surface area contributed by atoms with Gasteiger partial charge in [0.15, 0.2) is 5.82 Å². The first kappa shape index (κ1) is 14.3. The standard InChI is InChI=1S/C16H21N3O/c1-4-14-12(3)18-15(19-16(14)17-5-2)11-20-13-9-7-6-8-10-13/h6-10H,4-5,11H2,1-3H3,(H,17,18,19). The fraction of sp³-hybridized carbons (Fsp3) is 0.375. The van der Waals surface area contributed by atoms with Crippen molar-refractivity contribution in [2.75, 3.05) is 11.9 Å². The number of para-hydroxylation sites is 1. The van der Waals surface area contributed by atoms with Crippen LogP contribution in [0.1, 0.15) is 30.9 Å². The van der Waals surface area contributed by atoms with Gasteiger partial charge in [0.25, 0.3) is 0 Å². The Kier molecular flexibility index (Phi) is 4.93. The Bertz CT molecular complexity index is 555. The van der Waals surface area contributed by atoms with Gasteiger partial charge in [-0.05, 0) is 32.4 Å². The lowest BCUT2D eigenvalue weighted by molar-refractivity contribution is 0.295. The maximum absolute atomic E-state index is 5.70. The SMILES string of the molecule is CCNc1nc(COc2ccccc2)nc(C)c1CC. The molecule has 1 N–H and O–H groups in total. The fourth-order valence-electron chi connectivity index (χ4n) is 2.12. The summed E-state index contributed by atoms with van der Waals surface area (Å²) in [6.45, 7) is 7.44. The van der Waals surface area contributed by atoms with Gasteiger partial charge in [-0.15, -0.1) is 0 Å². The predicted octanol–water partition coefficient (Wildman–Crippen LogP) is 3.36. The number of aromatic nitrogens is 2. The summed E-state index contributed by atoms with van der Waals surface area (Å²) in [5.74, 6) is 2.46. The second kappa shape index (κ2) is 6.89. The van der Waals surface area contributed by atoms with E-state index in [1.54, 1.807) is 0 Å². The monoisotopic (exact) mass is 271 g/mol. The Hall–Kier alpha value is -2.10. The van der Waals surface area contributed by atoms with Crippen molar-refractivity contribution in [3.63, 3.8) is 0 Å². The molecule has 0 bridgehead atoms. The lowest BCUT2D eigenvalue weighted by atomic mass is 10.1. The number of anilines is 1. The van der Waals surface area contributed by atoms with E-state index in [1.165, 1.54) is 5.56 Å². The average Bonchev–Trinajstić information content (AvgIpc) is 2.46. The first-order chi connectivity index (χ1) is 9.74. The lowest BCUT2D eigenvalue weighted by Crippen LogP contribution is -2.11. The van der Waals surface area contributed by atoms with Crippen LogP contribution in [0.4, 0.5) is 5.82 Å². The van der Waals surface area contributed by atoms with Gasteiger partial charge in [-0.2, -0.15) is 0 Å². The van der Waals surface area contributed by atoms with Crippen molar-refractivity contribution < 1.29 is 4.74 Å². The quantitative estimate of drug-likeness (QED) is 0.875. The maximum atomic E-state index is 5.70. The van der Waals surface area contributed by atoms with E-state index in [2.05, 4.69) is 29.1 Å². The molecular formula is C16H21N3O. The molecule has 106 valence electrons. The normalized spacial score (nSPS) is 10.3. The van der Waals surface area contributed by atoms with Crippen molar-refractivity contribution >= 4 is 5.82 Å². The third-order valence-electron chi connectivity index (χ3n) is 3.07. The minimum atomic E-state index is 0.382. The molecule has 0 aliphatic rings. The summed E-state index contributed by atoms with van der Waals surface area (Å²) < 4.78 is 5.70. The zero-order valence-corrected chi connectivity index (χ0v) is 12.3. The molecule has 1 heterocycles. The molecule has 4 nitrogen and oxygen atoms in total. The Morgan fingerprint density at radius 2 is 1.85 bits per heavy atom. The molecule has 0 amide bonds. The van der Waals surface area contributed by atoms with Crippen LogP contribution in [0.2, 0.25) is 0 Å². The van der Waals surface area contributed by atoms with Crippen LogP contribution in [0.5, 0.6) is 5.75 Å². The molecule has 1 aromatic carbocycles. The zero-order valence-electron chi connectivity index (χ0n) is 12.3. The van der Waals surface area contributed by atoms with Gasteiger partial charge in [0.2, 0.25) is 0 Å². The van der Waals surface area contributed by atoms with E-state index in [9.17, 15) is 0 Å². The number of benzene rings is 1. The average molecular weight is 271 g/mol. The first-order valence-corrected chi connectivity index (χ1v) is 7.02. The Morgan fingerprint density at radius 3 is 2.50 bits per heavy atom. The van der Waals surface area contributed by atoms with Crippen molar-refractivity contribution in [1.29, 1.82) is 0 Å². The van der Waals surface area contributed by atoms with Gasteiger partial charge in [-0.1, -0.05) is 25.1 Å².